The normalized spacial score (nSPS) is 11.6. The largest absolute Gasteiger partial charge is 0.399 e. The molecule has 0 spiro atoms. The molecule has 2 rings (SSSR count). The van der Waals surface area contributed by atoms with Crippen LogP contribution in [0, 0.1) is 13.8 Å². The molecule has 5 heteroatoms. The molecule has 106 valence electrons. The Hall–Kier alpha value is -1.33. The summed E-state index contributed by atoms with van der Waals surface area (Å²) < 4.78 is 25.6. The molecule has 0 saturated heterocycles. The fourth-order valence-electron chi connectivity index (χ4n) is 1.88. The first-order valence-corrected chi connectivity index (χ1v) is 8.58. The van der Waals surface area contributed by atoms with E-state index in [1.165, 1.54) is 0 Å². The first kappa shape index (κ1) is 15.1. The van der Waals surface area contributed by atoms with Gasteiger partial charge in [-0.2, -0.15) is 0 Å². The van der Waals surface area contributed by atoms with Crippen LogP contribution in [-0.2, 0) is 15.6 Å². The maximum Gasteiger partial charge on any atom is 0.182 e. The van der Waals surface area contributed by atoms with Gasteiger partial charge in [0.2, 0.25) is 0 Å². The number of hydrogen-bond donors (Lipinski definition) is 1. The van der Waals surface area contributed by atoms with E-state index < -0.39 is 9.84 Å². The summed E-state index contributed by atoms with van der Waals surface area (Å²) in [6.45, 7) is 3.87. The lowest BCUT2D eigenvalue weighted by atomic mass is 10.1. The number of nitrogens with two attached hydrogens (primary N) is 1. The second-order valence-electron chi connectivity index (χ2n) is 4.86. The van der Waals surface area contributed by atoms with E-state index in [4.69, 9.17) is 5.73 Å². The van der Waals surface area contributed by atoms with E-state index in [1.807, 2.05) is 19.9 Å². The van der Waals surface area contributed by atoms with E-state index in [0.717, 1.165) is 11.1 Å². The van der Waals surface area contributed by atoms with Crippen molar-refractivity contribution in [2.45, 2.75) is 24.5 Å². The van der Waals surface area contributed by atoms with Crippen LogP contribution in [0.5, 0.6) is 0 Å². The molecule has 0 aliphatic rings. The first-order chi connectivity index (χ1) is 9.29. The minimum Gasteiger partial charge on any atom is -0.399 e. The van der Waals surface area contributed by atoms with Crippen LogP contribution in [0.4, 0.5) is 5.69 Å². The topological polar surface area (TPSA) is 60.2 Å². The Morgan fingerprint density at radius 1 is 1.05 bits per heavy atom. The van der Waals surface area contributed by atoms with Crippen LogP contribution in [-0.4, -0.2) is 8.42 Å². The third-order valence-corrected chi connectivity index (χ3v) is 5.66. The van der Waals surface area contributed by atoms with Gasteiger partial charge in [-0.05, 0) is 54.8 Å². The number of rotatable bonds is 3. The minimum atomic E-state index is -3.36. The zero-order valence-corrected chi connectivity index (χ0v) is 13.8. The van der Waals surface area contributed by atoms with Crippen molar-refractivity contribution in [2.75, 3.05) is 5.73 Å². The Morgan fingerprint density at radius 3 is 2.35 bits per heavy atom. The molecule has 0 aliphatic carbocycles. The zero-order valence-electron chi connectivity index (χ0n) is 11.4. The summed E-state index contributed by atoms with van der Waals surface area (Å²) in [7, 11) is -3.36. The Morgan fingerprint density at radius 2 is 1.75 bits per heavy atom. The molecule has 0 atom stereocenters. The van der Waals surface area contributed by atoms with Gasteiger partial charge in [-0.25, -0.2) is 8.42 Å². The predicted molar refractivity (Wildman–Crippen MR) is 85.4 cm³/mol. The lowest BCUT2D eigenvalue weighted by molar-refractivity contribution is 0.595. The van der Waals surface area contributed by atoms with E-state index in [9.17, 15) is 8.42 Å². The van der Waals surface area contributed by atoms with Crippen molar-refractivity contribution in [1.82, 2.24) is 0 Å². The van der Waals surface area contributed by atoms with E-state index in [0.29, 0.717) is 20.6 Å². The molecule has 0 aromatic heterocycles. The van der Waals surface area contributed by atoms with Crippen LogP contribution in [0.15, 0.2) is 45.8 Å². The van der Waals surface area contributed by atoms with Crippen molar-refractivity contribution < 1.29 is 8.42 Å². The molecule has 2 N–H and O–H groups in total. The number of aryl methyl sites for hydroxylation is 2. The quantitative estimate of drug-likeness (QED) is 0.857. The van der Waals surface area contributed by atoms with Crippen molar-refractivity contribution in [3.63, 3.8) is 0 Å². The van der Waals surface area contributed by atoms with Gasteiger partial charge in [0.25, 0.3) is 0 Å². The second kappa shape index (κ2) is 5.58. The SMILES string of the molecule is Cc1ccc(S(=O)(=O)Cc2ccc(N)cc2Br)cc1C. The van der Waals surface area contributed by atoms with Crippen LogP contribution in [0.3, 0.4) is 0 Å². The highest BCUT2D eigenvalue weighted by Crippen LogP contribution is 2.25. The van der Waals surface area contributed by atoms with Gasteiger partial charge in [-0.3, -0.25) is 0 Å². The number of nitrogen functional groups attached to an aromatic ring is 1. The molecule has 0 bridgehead atoms. The molecule has 3 nitrogen and oxygen atoms in total. The van der Waals surface area contributed by atoms with Crippen LogP contribution in [0.1, 0.15) is 16.7 Å². The highest BCUT2D eigenvalue weighted by Gasteiger charge is 2.17. The maximum absolute atomic E-state index is 12.5. The molecule has 0 radical (unpaired) electrons. The molecule has 2 aromatic rings. The van der Waals surface area contributed by atoms with Gasteiger partial charge in [0.15, 0.2) is 9.84 Å². The van der Waals surface area contributed by atoms with E-state index >= 15 is 0 Å². The summed E-state index contributed by atoms with van der Waals surface area (Å²) in [6.07, 6.45) is 0. The highest BCUT2D eigenvalue weighted by molar-refractivity contribution is 9.10. The number of anilines is 1. The van der Waals surface area contributed by atoms with Crippen molar-refractivity contribution in [2.24, 2.45) is 0 Å². The number of sulfone groups is 1. The molecule has 2 aromatic carbocycles. The Bertz CT molecular complexity index is 754. The molecular weight excluding hydrogens is 338 g/mol. The number of halogens is 1. The molecule has 0 amide bonds. The van der Waals surface area contributed by atoms with Crippen LogP contribution in [0.2, 0.25) is 0 Å². The fraction of sp³-hybridized carbons (Fsp3) is 0.200. The predicted octanol–water partition coefficient (Wildman–Crippen LogP) is 3.62. The van der Waals surface area contributed by atoms with Crippen molar-refractivity contribution in [1.29, 1.82) is 0 Å². The van der Waals surface area contributed by atoms with E-state index in [-0.39, 0.29) is 5.75 Å². The van der Waals surface area contributed by atoms with Gasteiger partial charge in [0.05, 0.1) is 10.6 Å². The third kappa shape index (κ3) is 3.22. The van der Waals surface area contributed by atoms with Gasteiger partial charge in [0.1, 0.15) is 0 Å². The third-order valence-electron chi connectivity index (χ3n) is 3.26. The van der Waals surface area contributed by atoms with E-state index in [1.54, 1.807) is 30.3 Å². The summed E-state index contributed by atoms with van der Waals surface area (Å²) in [5, 5.41) is 0. The molecule has 0 unspecified atom stereocenters. The van der Waals surface area contributed by atoms with E-state index in [2.05, 4.69) is 15.9 Å². The first-order valence-electron chi connectivity index (χ1n) is 6.13. The molecule has 0 aliphatic heterocycles. The molecule has 0 heterocycles. The standard InChI is InChI=1S/C15H16BrNO2S/c1-10-3-6-14(7-11(10)2)20(18,19)9-12-4-5-13(17)8-15(12)16/h3-8H,9,17H2,1-2H3. The second-order valence-corrected chi connectivity index (χ2v) is 7.70. The summed E-state index contributed by atoms with van der Waals surface area (Å²) >= 11 is 3.35. The number of hydrogen-bond acceptors (Lipinski definition) is 3. The molecular formula is C15H16BrNO2S. The monoisotopic (exact) mass is 353 g/mol. The molecule has 0 saturated carbocycles. The van der Waals surface area contributed by atoms with Gasteiger partial charge in [-0.1, -0.05) is 28.1 Å². The Kier molecular flexibility index (Phi) is 4.20. The average Bonchev–Trinajstić information content (AvgIpc) is 2.36. The Labute approximate surface area is 127 Å². The van der Waals surface area contributed by atoms with Gasteiger partial charge < -0.3 is 5.73 Å². The summed E-state index contributed by atoms with van der Waals surface area (Å²) in [6, 6.07) is 10.4. The average molecular weight is 354 g/mol. The number of benzene rings is 2. The summed E-state index contributed by atoms with van der Waals surface area (Å²) in [5.74, 6) is -0.0453. The van der Waals surface area contributed by atoms with Gasteiger partial charge in [-0.15, -0.1) is 0 Å². The van der Waals surface area contributed by atoms with Gasteiger partial charge in [0, 0.05) is 10.2 Å². The smallest absolute Gasteiger partial charge is 0.182 e. The van der Waals surface area contributed by atoms with Crippen LogP contribution >= 0.6 is 15.9 Å². The summed E-state index contributed by atoms with van der Waals surface area (Å²) in [5.41, 5.74) is 9.02. The van der Waals surface area contributed by atoms with Crippen molar-refractivity contribution in [3.8, 4) is 0 Å². The highest BCUT2D eigenvalue weighted by atomic mass is 79.9. The summed E-state index contributed by atoms with van der Waals surface area (Å²) in [4.78, 5) is 0.351. The van der Waals surface area contributed by atoms with Crippen LogP contribution < -0.4 is 5.73 Å². The molecule has 0 fully saturated rings. The zero-order chi connectivity index (χ0) is 14.9. The van der Waals surface area contributed by atoms with Crippen molar-refractivity contribution in [3.05, 3.63) is 57.6 Å². The van der Waals surface area contributed by atoms with Crippen LogP contribution in [0.25, 0.3) is 0 Å². The molecule has 20 heavy (non-hydrogen) atoms. The lowest BCUT2D eigenvalue weighted by Gasteiger charge is -2.09. The van der Waals surface area contributed by atoms with Gasteiger partial charge >= 0.3 is 0 Å². The Balaban J connectivity index is 2.38. The van der Waals surface area contributed by atoms with Crippen molar-refractivity contribution >= 4 is 31.5 Å². The fourth-order valence-corrected chi connectivity index (χ4v) is 4.06. The lowest BCUT2D eigenvalue weighted by Crippen LogP contribution is -2.06. The maximum atomic E-state index is 12.5. The minimum absolute atomic E-state index is 0.0453.